The second kappa shape index (κ2) is 15.6. The van der Waals surface area contributed by atoms with Crippen molar-refractivity contribution < 1.29 is 28.3 Å². The van der Waals surface area contributed by atoms with Crippen LogP contribution in [0.2, 0.25) is 0 Å². The second-order valence-corrected chi connectivity index (χ2v) is 15.8. The lowest BCUT2D eigenvalue weighted by Crippen LogP contribution is -2.43. The third-order valence-electron chi connectivity index (χ3n) is 12.3. The predicted octanol–water partition coefficient (Wildman–Crippen LogP) is 8.14. The first-order valence-electron chi connectivity index (χ1n) is 19.9. The molecule has 304 valence electrons. The summed E-state index contributed by atoms with van der Waals surface area (Å²) < 4.78 is 32.0. The number of nitriles is 1. The number of nitrogens with zero attached hydrogens (tertiary/aromatic N) is 5. The van der Waals surface area contributed by atoms with Crippen molar-refractivity contribution in [3.63, 3.8) is 0 Å². The first-order valence-corrected chi connectivity index (χ1v) is 19.9. The molecule has 6 aromatic rings. The van der Waals surface area contributed by atoms with Gasteiger partial charge in [-0.3, -0.25) is 14.4 Å². The Bertz CT molecular complexity index is 2780. The first-order chi connectivity index (χ1) is 28.7. The maximum Gasteiger partial charge on any atom is 0.258 e. The van der Waals surface area contributed by atoms with Gasteiger partial charge in [0.25, 0.3) is 11.8 Å². The summed E-state index contributed by atoms with van der Waals surface area (Å²) in [5.74, 6) is -2.38. The van der Waals surface area contributed by atoms with E-state index in [0.29, 0.717) is 76.5 Å². The average Bonchev–Trinajstić information content (AvgIpc) is 3.67. The highest BCUT2D eigenvalue weighted by Crippen LogP contribution is 2.44. The molecule has 0 saturated carbocycles. The summed E-state index contributed by atoms with van der Waals surface area (Å²) in [4.78, 5) is 46.9. The first kappa shape index (κ1) is 39.8. The van der Waals surface area contributed by atoms with Crippen LogP contribution in [0.1, 0.15) is 72.5 Å². The Hall–Kier alpha value is -7.00. The summed E-state index contributed by atoms with van der Waals surface area (Å²) in [6.07, 6.45) is 0.872. The standard InChI is InChI=1S/C48H44F2N6O4/c1-27-18-30-8-6-7-9-33(30)26-56(27)48(60)41-20-34-25-55(43(58)21-32-10-11-35(49)22-42(32)50)17-16-31(34)19-40(41)46-45(39-23-37(24-51)53(4)28(39)2)44(29(3)54(46)5)47(59)52-36-12-14-38(57)15-13-36/h6-15,19-20,22-23,27,57H,16-18,21,25-26H2,1-5H3,(H,52,59)/t27-/m1/s1. The van der Waals surface area contributed by atoms with E-state index >= 15 is 4.79 Å². The number of phenols is 1. The number of carbonyl (C=O) groups is 3. The van der Waals surface area contributed by atoms with E-state index in [0.717, 1.165) is 34.5 Å². The molecule has 2 aliphatic rings. The van der Waals surface area contributed by atoms with Crippen molar-refractivity contribution >= 4 is 23.4 Å². The molecule has 0 unspecified atom stereocenters. The third kappa shape index (κ3) is 7.10. The Labute approximate surface area is 346 Å². The molecule has 1 atom stereocenters. The molecule has 4 heterocycles. The summed E-state index contributed by atoms with van der Waals surface area (Å²) in [6.45, 7) is 6.67. The van der Waals surface area contributed by atoms with Gasteiger partial charge in [0.15, 0.2) is 0 Å². The molecule has 60 heavy (non-hydrogen) atoms. The van der Waals surface area contributed by atoms with Crippen molar-refractivity contribution in [3.8, 4) is 34.2 Å². The summed E-state index contributed by atoms with van der Waals surface area (Å²) >= 11 is 0. The van der Waals surface area contributed by atoms with Gasteiger partial charge < -0.3 is 29.4 Å². The molecule has 2 aromatic heterocycles. The predicted molar refractivity (Wildman–Crippen MR) is 224 cm³/mol. The van der Waals surface area contributed by atoms with Crippen LogP contribution in [-0.2, 0) is 51.2 Å². The quantitative estimate of drug-likeness (QED) is 0.158. The Morgan fingerprint density at radius 3 is 2.28 bits per heavy atom. The van der Waals surface area contributed by atoms with Gasteiger partial charge in [0.1, 0.15) is 29.1 Å². The van der Waals surface area contributed by atoms with Crippen molar-refractivity contribution in [3.05, 3.63) is 153 Å². The minimum atomic E-state index is -0.782. The summed E-state index contributed by atoms with van der Waals surface area (Å²) in [6, 6.07) is 25.2. The fourth-order valence-electron chi connectivity index (χ4n) is 8.70. The van der Waals surface area contributed by atoms with Gasteiger partial charge in [0, 0.05) is 85.2 Å². The molecule has 10 nitrogen and oxygen atoms in total. The Kier molecular flexibility index (Phi) is 10.4. The van der Waals surface area contributed by atoms with Gasteiger partial charge >= 0.3 is 0 Å². The summed E-state index contributed by atoms with van der Waals surface area (Å²) in [5.41, 5.74) is 9.45. The number of anilines is 1. The van der Waals surface area contributed by atoms with Crippen LogP contribution in [0.4, 0.5) is 14.5 Å². The Morgan fingerprint density at radius 1 is 0.850 bits per heavy atom. The maximum absolute atomic E-state index is 15.3. The molecule has 0 aliphatic carbocycles. The largest absolute Gasteiger partial charge is 0.508 e. The van der Waals surface area contributed by atoms with E-state index in [-0.39, 0.29) is 42.1 Å². The molecule has 0 spiro atoms. The minimum absolute atomic E-state index is 0.0567. The number of amides is 3. The zero-order valence-corrected chi connectivity index (χ0v) is 34.1. The van der Waals surface area contributed by atoms with E-state index in [2.05, 4.69) is 17.5 Å². The zero-order chi connectivity index (χ0) is 42.6. The third-order valence-corrected chi connectivity index (χ3v) is 12.3. The van der Waals surface area contributed by atoms with Crippen molar-refractivity contribution in [1.29, 1.82) is 5.26 Å². The number of fused-ring (bicyclic) bond motifs is 2. The van der Waals surface area contributed by atoms with E-state index in [1.54, 1.807) is 34.7 Å². The van der Waals surface area contributed by atoms with Gasteiger partial charge in [-0.1, -0.05) is 30.3 Å². The maximum atomic E-state index is 15.3. The molecular weight excluding hydrogens is 763 g/mol. The number of benzene rings is 4. The van der Waals surface area contributed by atoms with Crippen LogP contribution in [-0.4, -0.2) is 54.3 Å². The SMILES string of the molecule is Cc1c(-c2c(C(=O)Nc3ccc(O)cc3)c(C)n(C)c2-c2cc3c(cc2C(=O)N2Cc4ccccc4C[C@H]2C)CN(C(=O)Cc2ccc(F)cc2F)CC3)cc(C#N)n1C. The molecule has 12 heteroatoms. The van der Waals surface area contributed by atoms with Crippen LogP contribution < -0.4 is 5.32 Å². The van der Waals surface area contributed by atoms with E-state index in [9.17, 15) is 28.7 Å². The van der Waals surface area contributed by atoms with Crippen molar-refractivity contribution in [1.82, 2.24) is 18.9 Å². The number of aromatic nitrogens is 2. The van der Waals surface area contributed by atoms with Gasteiger partial charge in [-0.15, -0.1) is 0 Å². The fourth-order valence-corrected chi connectivity index (χ4v) is 8.70. The monoisotopic (exact) mass is 806 g/mol. The molecule has 8 rings (SSSR count). The smallest absolute Gasteiger partial charge is 0.258 e. The van der Waals surface area contributed by atoms with E-state index < -0.39 is 17.5 Å². The van der Waals surface area contributed by atoms with Crippen LogP contribution in [0.25, 0.3) is 22.4 Å². The van der Waals surface area contributed by atoms with E-state index in [1.165, 1.54) is 23.8 Å². The van der Waals surface area contributed by atoms with E-state index in [1.807, 2.05) is 67.6 Å². The Morgan fingerprint density at radius 2 is 1.58 bits per heavy atom. The molecule has 4 aromatic carbocycles. The summed E-state index contributed by atoms with van der Waals surface area (Å²) in [5, 5.41) is 23.0. The highest BCUT2D eigenvalue weighted by Gasteiger charge is 2.35. The summed E-state index contributed by atoms with van der Waals surface area (Å²) in [7, 11) is 3.65. The highest BCUT2D eigenvalue weighted by atomic mass is 19.1. The molecule has 2 aliphatic heterocycles. The molecule has 2 N–H and O–H groups in total. The number of rotatable bonds is 7. The lowest BCUT2D eigenvalue weighted by atomic mass is 9.87. The van der Waals surface area contributed by atoms with Crippen molar-refractivity contribution in [2.75, 3.05) is 11.9 Å². The van der Waals surface area contributed by atoms with E-state index in [4.69, 9.17) is 0 Å². The second-order valence-electron chi connectivity index (χ2n) is 15.8. The van der Waals surface area contributed by atoms with Crippen LogP contribution in [0.3, 0.4) is 0 Å². The molecular formula is C48H44F2N6O4. The van der Waals surface area contributed by atoms with Crippen LogP contribution in [0.15, 0.2) is 84.9 Å². The molecule has 0 radical (unpaired) electrons. The van der Waals surface area contributed by atoms with Crippen LogP contribution in [0, 0.1) is 36.8 Å². The molecule has 0 bridgehead atoms. The van der Waals surface area contributed by atoms with Crippen LogP contribution in [0.5, 0.6) is 5.75 Å². The number of hydrogen-bond donors (Lipinski definition) is 2. The zero-order valence-electron chi connectivity index (χ0n) is 34.1. The number of nitrogens with one attached hydrogen (secondary N) is 1. The fraction of sp³-hybridized carbons (Fsp3) is 0.250. The van der Waals surface area contributed by atoms with Gasteiger partial charge in [0.05, 0.1) is 17.7 Å². The molecule has 0 saturated heterocycles. The molecule has 0 fully saturated rings. The number of phenolic OH excluding ortho intramolecular Hbond substituents is 1. The minimum Gasteiger partial charge on any atom is -0.508 e. The number of aromatic hydroxyl groups is 1. The number of carbonyl (C=O) groups excluding carboxylic acids is 3. The van der Waals surface area contributed by atoms with Gasteiger partial charge in [0.2, 0.25) is 5.91 Å². The van der Waals surface area contributed by atoms with Gasteiger partial charge in [-0.2, -0.15) is 5.26 Å². The van der Waals surface area contributed by atoms with Gasteiger partial charge in [-0.25, -0.2) is 8.78 Å². The topological polar surface area (TPSA) is 124 Å². The van der Waals surface area contributed by atoms with Crippen molar-refractivity contribution in [2.24, 2.45) is 14.1 Å². The molecule has 3 amide bonds. The lowest BCUT2D eigenvalue weighted by Gasteiger charge is -2.36. The van der Waals surface area contributed by atoms with Crippen molar-refractivity contribution in [2.45, 2.75) is 59.2 Å². The average molecular weight is 807 g/mol. The normalized spacial score (nSPS) is 14.7. The highest BCUT2D eigenvalue weighted by molar-refractivity contribution is 6.14. The van der Waals surface area contributed by atoms with Crippen LogP contribution >= 0.6 is 0 Å². The van der Waals surface area contributed by atoms with Gasteiger partial charge in [-0.05, 0) is 110 Å². The lowest BCUT2D eigenvalue weighted by molar-refractivity contribution is -0.131. The number of hydrogen-bond acceptors (Lipinski definition) is 5. The number of halogens is 2. The Balaban J connectivity index is 1.30.